The van der Waals surface area contributed by atoms with Crippen molar-refractivity contribution in [2.75, 3.05) is 18.4 Å². The van der Waals surface area contributed by atoms with Crippen LogP contribution in [0.5, 0.6) is 11.5 Å². The SMILES string of the molecule is COc1ccc(CN(C(=O)COc2ccc(S(=O)(=O)Nc3ccc(F)cc3)cc2)[C@H](Cc2ccccc2)C(=O)NCc2ccccc2Cl)cc1. The first-order valence-electron chi connectivity index (χ1n) is 15.6. The number of benzene rings is 5. The third-order valence-electron chi connectivity index (χ3n) is 7.79. The van der Waals surface area contributed by atoms with Crippen LogP contribution in [0, 0.1) is 5.82 Å². The minimum absolute atomic E-state index is 0.0558. The Morgan fingerprint density at radius 1 is 0.800 bits per heavy atom. The minimum Gasteiger partial charge on any atom is -0.497 e. The average molecular weight is 716 g/mol. The van der Waals surface area contributed by atoms with E-state index in [0.717, 1.165) is 28.8 Å². The van der Waals surface area contributed by atoms with Crippen LogP contribution in [0.1, 0.15) is 16.7 Å². The Morgan fingerprint density at radius 2 is 1.44 bits per heavy atom. The van der Waals surface area contributed by atoms with Crippen molar-refractivity contribution >= 4 is 39.1 Å². The molecule has 0 aliphatic heterocycles. The molecule has 0 bridgehead atoms. The van der Waals surface area contributed by atoms with Crippen LogP contribution < -0.4 is 19.5 Å². The molecular weight excluding hydrogens is 681 g/mol. The summed E-state index contributed by atoms with van der Waals surface area (Å²) in [7, 11) is -2.41. The molecule has 5 aromatic rings. The lowest BCUT2D eigenvalue weighted by Crippen LogP contribution is -2.51. The smallest absolute Gasteiger partial charge is 0.261 e. The second kappa shape index (κ2) is 16.8. The van der Waals surface area contributed by atoms with Gasteiger partial charge in [-0.1, -0.05) is 72.3 Å². The summed E-state index contributed by atoms with van der Waals surface area (Å²) in [5.41, 5.74) is 2.55. The standard InChI is InChI=1S/C38H35ClFN3O6S/c1-48-32-17-11-28(12-18-32)25-43(36(23-27-7-3-2-4-8-27)38(45)41-24-29-9-5-6-10-35(29)39)37(44)26-49-33-19-21-34(22-20-33)50(46,47)42-31-15-13-30(40)14-16-31/h2-22,36,42H,23-26H2,1H3,(H,41,45)/t36-/m1/s1. The maximum absolute atomic E-state index is 14.0. The van der Waals surface area contributed by atoms with Crippen molar-refractivity contribution in [2.45, 2.75) is 30.4 Å². The Bertz CT molecular complexity index is 2000. The summed E-state index contributed by atoms with van der Waals surface area (Å²) < 4.78 is 52.5. The molecule has 0 aromatic heterocycles. The number of anilines is 1. The van der Waals surface area contributed by atoms with Gasteiger partial charge < -0.3 is 19.7 Å². The summed E-state index contributed by atoms with van der Waals surface area (Å²) in [5, 5.41) is 3.47. The second-order valence-electron chi connectivity index (χ2n) is 11.3. The summed E-state index contributed by atoms with van der Waals surface area (Å²) in [6.45, 7) is -0.176. The Morgan fingerprint density at radius 3 is 2.10 bits per heavy atom. The Balaban J connectivity index is 1.36. The topological polar surface area (TPSA) is 114 Å². The number of hydrogen-bond acceptors (Lipinski definition) is 6. The van der Waals surface area contributed by atoms with Gasteiger partial charge in [0.15, 0.2) is 6.61 Å². The molecule has 258 valence electrons. The third-order valence-corrected chi connectivity index (χ3v) is 9.55. The van der Waals surface area contributed by atoms with E-state index in [0.29, 0.717) is 10.8 Å². The highest BCUT2D eigenvalue weighted by Gasteiger charge is 2.31. The molecule has 0 aliphatic carbocycles. The molecule has 12 heteroatoms. The second-order valence-corrected chi connectivity index (χ2v) is 13.3. The normalized spacial score (nSPS) is 11.7. The highest BCUT2D eigenvalue weighted by molar-refractivity contribution is 7.92. The monoisotopic (exact) mass is 715 g/mol. The molecular formula is C38H35ClFN3O6S. The molecule has 0 radical (unpaired) electrons. The third kappa shape index (κ3) is 9.83. The van der Waals surface area contributed by atoms with Gasteiger partial charge in [-0.3, -0.25) is 14.3 Å². The van der Waals surface area contributed by atoms with Crippen LogP contribution in [-0.2, 0) is 39.1 Å². The number of sulfonamides is 1. The summed E-state index contributed by atoms with van der Waals surface area (Å²) in [6.07, 6.45) is 0.227. The molecule has 0 aliphatic rings. The summed E-state index contributed by atoms with van der Waals surface area (Å²) in [4.78, 5) is 29.4. The molecule has 5 aromatic carbocycles. The van der Waals surface area contributed by atoms with Gasteiger partial charge in [-0.2, -0.15) is 0 Å². The van der Waals surface area contributed by atoms with Gasteiger partial charge in [0.05, 0.1) is 12.0 Å². The first-order valence-corrected chi connectivity index (χ1v) is 17.5. The van der Waals surface area contributed by atoms with Crippen molar-refractivity contribution in [3.05, 3.63) is 155 Å². The average Bonchev–Trinajstić information content (AvgIpc) is 3.13. The van der Waals surface area contributed by atoms with Gasteiger partial charge in [-0.05, 0) is 83.4 Å². The van der Waals surface area contributed by atoms with Crippen molar-refractivity contribution in [2.24, 2.45) is 0 Å². The highest BCUT2D eigenvalue weighted by Crippen LogP contribution is 2.22. The maximum Gasteiger partial charge on any atom is 0.261 e. The van der Waals surface area contributed by atoms with Gasteiger partial charge in [0.25, 0.3) is 15.9 Å². The lowest BCUT2D eigenvalue weighted by atomic mass is 10.0. The van der Waals surface area contributed by atoms with E-state index < -0.39 is 34.4 Å². The molecule has 5 rings (SSSR count). The summed E-state index contributed by atoms with van der Waals surface area (Å²) >= 11 is 6.35. The van der Waals surface area contributed by atoms with Gasteiger partial charge >= 0.3 is 0 Å². The highest BCUT2D eigenvalue weighted by atomic mass is 35.5. The quantitative estimate of drug-likeness (QED) is 0.126. The lowest BCUT2D eigenvalue weighted by molar-refractivity contribution is -0.142. The van der Waals surface area contributed by atoms with Crippen LogP contribution in [0.25, 0.3) is 0 Å². The molecule has 2 amide bonds. The zero-order valence-corrected chi connectivity index (χ0v) is 28.7. The summed E-state index contributed by atoms with van der Waals surface area (Å²) in [6, 6.07) is 33.3. The zero-order valence-electron chi connectivity index (χ0n) is 27.1. The Hall–Kier alpha value is -5.39. The van der Waals surface area contributed by atoms with Crippen LogP contribution in [0.2, 0.25) is 5.02 Å². The van der Waals surface area contributed by atoms with Crippen molar-refractivity contribution in [1.82, 2.24) is 10.2 Å². The number of hydrogen-bond donors (Lipinski definition) is 2. The number of carbonyl (C=O) groups is 2. The Labute approximate surface area is 295 Å². The van der Waals surface area contributed by atoms with Crippen molar-refractivity contribution < 1.29 is 31.9 Å². The van der Waals surface area contributed by atoms with Crippen LogP contribution in [-0.4, -0.2) is 44.9 Å². The van der Waals surface area contributed by atoms with E-state index in [1.54, 1.807) is 31.4 Å². The number of nitrogens with one attached hydrogen (secondary N) is 2. The molecule has 9 nitrogen and oxygen atoms in total. The molecule has 0 heterocycles. The molecule has 0 fully saturated rings. The first-order chi connectivity index (χ1) is 24.1. The number of carbonyl (C=O) groups excluding carboxylic acids is 2. The van der Waals surface area contributed by atoms with E-state index in [1.165, 1.54) is 41.3 Å². The number of amides is 2. The molecule has 0 saturated heterocycles. The van der Waals surface area contributed by atoms with E-state index in [2.05, 4.69) is 10.0 Å². The van der Waals surface area contributed by atoms with E-state index in [-0.39, 0.29) is 41.7 Å². The van der Waals surface area contributed by atoms with Crippen molar-refractivity contribution in [1.29, 1.82) is 0 Å². The fraction of sp³-hybridized carbons (Fsp3) is 0.158. The van der Waals surface area contributed by atoms with Gasteiger partial charge in [-0.15, -0.1) is 0 Å². The number of ether oxygens (including phenoxy) is 2. The largest absolute Gasteiger partial charge is 0.497 e. The minimum atomic E-state index is -3.97. The molecule has 1 atom stereocenters. The van der Waals surface area contributed by atoms with E-state index in [4.69, 9.17) is 21.1 Å². The molecule has 0 saturated carbocycles. The predicted molar refractivity (Wildman–Crippen MR) is 190 cm³/mol. The van der Waals surface area contributed by atoms with Crippen LogP contribution in [0.4, 0.5) is 10.1 Å². The van der Waals surface area contributed by atoms with Crippen LogP contribution in [0.3, 0.4) is 0 Å². The number of methoxy groups -OCH3 is 1. The molecule has 0 unspecified atom stereocenters. The molecule has 0 spiro atoms. The van der Waals surface area contributed by atoms with Gasteiger partial charge in [0.2, 0.25) is 5.91 Å². The van der Waals surface area contributed by atoms with Gasteiger partial charge in [0.1, 0.15) is 23.4 Å². The number of nitrogens with zero attached hydrogens (tertiary/aromatic N) is 1. The Kier molecular flexibility index (Phi) is 12.1. The fourth-order valence-corrected chi connectivity index (χ4v) is 6.36. The van der Waals surface area contributed by atoms with Crippen LogP contribution >= 0.6 is 11.6 Å². The fourth-order valence-electron chi connectivity index (χ4n) is 5.10. The van der Waals surface area contributed by atoms with E-state index in [9.17, 15) is 22.4 Å². The van der Waals surface area contributed by atoms with E-state index in [1.807, 2.05) is 54.6 Å². The van der Waals surface area contributed by atoms with E-state index >= 15 is 0 Å². The first kappa shape index (κ1) is 35.9. The molecule has 2 N–H and O–H groups in total. The lowest BCUT2D eigenvalue weighted by Gasteiger charge is -2.31. The molecule has 50 heavy (non-hydrogen) atoms. The van der Waals surface area contributed by atoms with Gasteiger partial charge in [0, 0.05) is 30.2 Å². The van der Waals surface area contributed by atoms with Crippen molar-refractivity contribution in [3.63, 3.8) is 0 Å². The van der Waals surface area contributed by atoms with Crippen molar-refractivity contribution in [3.8, 4) is 11.5 Å². The van der Waals surface area contributed by atoms with Gasteiger partial charge in [-0.25, -0.2) is 12.8 Å². The zero-order chi connectivity index (χ0) is 35.5. The number of rotatable bonds is 15. The maximum atomic E-state index is 14.0. The predicted octanol–water partition coefficient (Wildman–Crippen LogP) is 6.62. The van der Waals surface area contributed by atoms with Crippen LogP contribution in [0.15, 0.2) is 132 Å². The number of halogens is 2. The summed E-state index contributed by atoms with van der Waals surface area (Å²) in [5.74, 6) is -0.447.